The molecule has 0 aliphatic heterocycles. The van der Waals surface area contributed by atoms with E-state index in [1.165, 1.54) is 5.56 Å². The van der Waals surface area contributed by atoms with Crippen molar-refractivity contribution in [2.45, 2.75) is 40.7 Å². The quantitative estimate of drug-likeness (QED) is 0.355. The van der Waals surface area contributed by atoms with Crippen molar-refractivity contribution in [2.24, 2.45) is 0 Å². The minimum atomic E-state index is -0.306. The molecule has 1 aromatic heterocycles. The van der Waals surface area contributed by atoms with Gasteiger partial charge in [0.1, 0.15) is 6.54 Å². The van der Waals surface area contributed by atoms with E-state index in [-0.39, 0.29) is 24.4 Å². The van der Waals surface area contributed by atoms with E-state index >= 15 is 0 Å². The SMILES string of the molecule is Cc1ccc(C(=O)N(CC(=O)Nc2nc(-c3ccccc3)cn2-c2ccc(C)c(C)c2)C(C)C)cc1. The maximum absolute atomic E-state index is 13.2. The standard InChI is InChI=1S/C30H32N4O2/c1-20(2)33(29(36)25-14-11-21(3)12-15-25)19-28(35)32-30-31-27(24-9-7-6-8-10-24)18-34(30)26-16-13-22(4)23(5)17-26/h6-18,20H,19H2,1-5H3,(H,31,32,35). The van der Waals surface area contributed by atoms with Crippen LogP contribution in [-0.4, -0.2) is 38.9 Å². The average molecular weight is 481 g/mol. The lowest BCUT2D eigenvalue weighted by Gasteiger charge is -2.26. The van der Waals surface area contributed by atoms with Gasteiger partial charge in [0.25, 0.3) is 5.91 Å². The van der Waals surface area contributed by atoms with E-state index in [1.807, 2.05) is 80.1 Å². The zero-order valence-corrected chi connectivity index (χ0v) is 21.4. The first kappa shape index (κ1) is 24.9. The molecular weight excluding hydrogens is 448 g/mol. The molecule has 0 unspecified atom stereocenters. The van der Waals surface area contributed by atoms with Crippen LogP contribution in [0.3, 0.4) is 0 Å². The molecule has 1 N–H and O–H groups in total. The second-order valence-electron chi connectivity index (χ2n) is 9.40. The van der Waals surface area contributed by atoms with Gasteiger partial charge in [-0.3, -0.25) is 19.5 Å². The second-order valence-corrected chi connectivity index (χ2v) is 9.40. The maximum Gasteiger partial charge on any atom is 0.254 e. The molecule has 0 atom stereocenters. The summed E-state index contributed by atoms with van der Waals surface area (Å²) in [6, 6.07) is 23.2. The Morgan fingerprint density at radius 3 is 2.25 bits per heavy atom. The topological polar surface area (TPSA) is 67.2 Å². The molecule has 4 rings (SSSR count). The van der Waals surface area contributed by atoms with Crippen LogP contribution in [0.25, 0.3) is 16.9 Å². The minimum absolute atomic E-state index is 0.0785. The van der Waals surface area contributed by atoms with Gasteiger partial charge in [-0.15, -0.1) is 0 Å². The van der Waals surface area contributed by atoms with E-state index in [0.717, 1.165) is 28.1 Å². The number of carbonyl (C=O) groups excluding carboxylic acids is 2. The highest BCUT2D eigenvalue weighted by Crippen LogP contribution is 2.25. The van der Waals surface area contributed by atoms with Crippen molar-refractivity contribution < 1.29 is 9.59 Å². The van der Waals surface area contributed by atoms with Gasteiger partial charge in [-0.2, -0.15) is 0 Å². The predicted molar refractivity (Wildman–Crippen MR) is 144 cm³/mol. The Labute approximate surface area is 212 Å². The van der Waals surface area contributed by atoms with Gasteiger partial charge in [-0.05, 0) is 70.0 Å². The molecule has 6 nitrogen and oxygen atoms in total. The summed E-state index contributed by atoms with van der Waals surface area (Å²) in [4.78, 5) is 32.7. The van der Waals surface area contributed by atoms with Crippen LogP contribution in [0.15, 0.2) is 79.0 Å². The van der Waals surface area contributed by atoms with Gasteiger partial charge >= 0.3 is 0 Å². The van der Waals surface area contributed by atoms with Crippen molar-refractivity contribution in [3.8, 4) is 16.9 Å². The number of rotatable bonds is 7. The molecule has 0 spiro atoms. The number of hydrogen-bond donors (Lipinski definition) is 1. The molecule has 0 bridgehead atoms. The van der Waals surface area contributed by atoms with Crippen molar-refractivity contribution in [3.63, 3.8) is 0 Å². The van der Waals surface area contributed by atoms with Crippen molar-refractivity contribution in [3.05, 3.63) is 101 Å². The Balaban J connectivity index is 1.63. The van der Waals surface area contributed by atoms with E-state index in [0.29, 0.717) is 11.5 Å². The summed E-state index contributed by atoms with van der Waals surface area (Å²) in [7, 11) is 0. The maximum atomic E-state index is 13.2. The van der Waals surface area contributed by atoms with Crippen molar-refractivity contribution in [2.75, 3.05) is 11.9 Å². The van der Waals surface area contributed by atoms with E-state index in [9.17, 15) is 9.59 Å². The number of carbonyl (C=O) groups is 2. The van der Waals surface area contributed by atoms with Gasteiger partial charge in [-0.1, -0.05) is 54.1 Å². The highest BCUT2D eigenvalue weighted by Gasteiger charge is 2.23. The number of nitrogens with zero attached hydrogens (tertiary/aromatic N) is 3. The molecule has 2 amide bonds. The Hall–Kier alpha value is -4.19. The molecule has 4 aromatic rings. The normalized spacial score (nSPS) is 10.9. The molecule has 184 valence electrons. The summed E-state index contributed by atoms with van der Waals surface area (Å²) in [5.74, 6) is -0.0734. The van der Waals surface area contributed by atoms with Crippen LogP contribution in [-0.2, 0) is 4.79 Å². The first-order valence-electron chi connectivity index (χ1n) is 12.1. The van der Waals surface area contributed by atoms with Crippen molar-refractivity contribution >= 4 is 17.8 Å². The number of hydrogen-bond acceptors (Lipinski definition) is 3. The number of aryl methyl sites for hydroxylation is 3. The van der Waals surface area contributed by atoms with Crippen LogP contribution >= 0.6 is 0 Å². The average Bonchev–Trinajstić information content (AvgIpc) is 3.28. The molecule has 0 radical (unpaired) electrons. The Morgan fingerprint density at radius 2 is 1.61 bits per heavy atom. The van der Waals surface area contributed by atoms with E-state index in [2.05, 4.69) is 31.3 Å². The third-order valence-electron chi connectivity index (χ3n) is 6.29. The molecule has 1 heterocycles. The molecule has 0 saturated carbocycles. The van der Waals surface area contributed by atoms with Crippen LogP contribution in [0.2, 0.25) is 0 Å². The second kappa shape index (κ2) is 10.6. The molecule has 3 aromatic carbocycles. The fourth-order valence-corrected chi connectivity index (χ4v) is 3.96. The van der Waals surface area contributed by atoms with Crippen LogP contribution in [0.4, 0.5) is 5.95 Å². The lowest BCUT2D eigenvalue weighted by Crippen LogP contribution is -2.42. The number of nitrogens with one attached hydrogen (secondary N) is 1. The van der Waals surface area contributed by atoms with Crippen LogP contribution in [0, 0.1) is 20.8 Å². The molecule has 0 saturated heterocycles. The third kappa shape index (κ3) is 5.54. The molecule has 0 aliphatic carbocycles. The summed E-state index contributed by atoms with van der Waals surface area (Å²) in [6.07, 6.45) is 1.92. The number of imidazole rings is 1. The first-order chi connectivity index (χ1) is 17.2. The fourth-order valence-electron chi connectivity index (χ4n) is 3.96. The first-order valence-corrected chi connectivity index (χ1v) is 12.1. The number of benzene rings is 3. The molecule has 6 heteroatoms. The summed E-state index contributed by atoms with van der Waals surface area (Å²) >= 11 is 0. The lowest BCUT2D eigenvalue weighted by atomic mass is 10.1. The van der Waals surface area contributed by atoms with Crippen LogP contribution < -0.4 is 5.32 Å². The minimum Gasteiger partial charge on any atom is -0.327 e. The Bertz CT molecular complexity index is 1370. The Morgan fingerprint density at radius 1 is 0.917 bits per heavy atom. The van der Waals surface area contributed by atoms with Crippen LogP contribution in [0.1, 0.15) is 40.9 Å². The highest BCUT2D eigenvalue weighted by atomic mass is 16.2. The lowest BCUT2D eigenvalue weighted by molar-refractivity contribution is -0.117. The van der Waals surface area contributed by atoms with E-state index in [1.54, 1.807) is 17.0 Å². The molecule has 36 heavy (non-hydrogen) atoms. The molecule has 0 aliphatic rings. The summed E-state index contributed by atoms with van der Waals surface area (Å²) in [5.41, 5.74) is 6.58. The monoisotopic (exact) mass is 480 g/mol. The molecule has 0 fully saturated rings. The van der Waals surface area contributed by atoms with Crippen molar-refractivity contribution in [1.82, 2.24) is 14.5 Å². The van der Waals surface area contributed by atoms with Gasteiger partial charge in [0, 0.05) is 29.1 Å². The number of anilines is 1. The fraction of sp³-hybridized carbons (Fsp3) is 0.233. The third-order valence-corrected chi connectivity index (χ3v) is 6.29. The summed E-state index contributed by atoms with van der Waals surface area (Å²) in [6.45, 7) is 9.83. The zero-order chi connectivity index (χ0) is 25.8. The number of amides is 2. The highest BCUT2D eigenvalue weighted by molar-refractivity contribution is 5.99. The molecular formula is C30H32N4O2. The smallest absolute Gasteiger partial charge is 0.254 e. The predicted octanol–water partition coefficient (Wildman–Crippen LogP) is 5.95. The Kier molecular flexibility index (Phi) is 7.34. The zero-order valence-electron chi connectivity index (χ0n) is 21.4. The van der Waals surface area contributed by atoms with E-state index < -0.39 is 0 Å². The van der Waals surface area contributed by atoms with E-state index in [4.69, 9.17) is 4.98 Å². The van der Waals surface area contributed by atoms with Crippen molar-refractivity contribution in [1.29, 1.82) is 0 Å². The van der Waals surface area contributed by atoms with Gasteiger partial charge < -0.3 is 4.90 Å². The van der Waals surface area contributed by atoms with Gasteiger partial charge in [0.2, 0.25) is 11.9 Å². The number of aromatic nitrogens is 2. The summed E-state index contributed by atoms with van der Waals surface area (Å²) in [5, 5.41) is 2.95. The van der Waals surface area contributed by atoms with Crippen LogP contribution in [0.5, 0.6) is 0 Å². The largest absolute Gasteiger partial charge is 0.327 e. The van der Waals surface area contributed by atoms with Gasteiger partial charge in [0.15, 0.2) is 0 Å². The van der Waals surface area contributed by atoms with Gasteiger partial charge in [0.05, 0.1) is 5.69 Å². The van der Waals surface area contributed by atoms with Gasteiger partial charge in [-0.25, -0.2) is 4.98 Å². The summed E-state index contributed by atoms with van der Waals surface area (Å²) < 4.78 is 1.88.